The Morgan fingerprint density at radius 2 is 0.673 bits per heavy atom. The summed E-state index contributed by atoms with van der Waals surface area (Å²) in [5.74, 6) is 0.00988. The Hall–Kier alpha value is -1.59. The number of unbranched alkanes of at least 4 members (excludes halogenated alkanes) is 27. The van der Waals surface area contributed by atoms with Gasteiger partial charge < -0.3 is 14.2 Å². The minimum atomic E-state index is -0.758. The van der Waals surface area contributed by atoms with E-state index in [2.05, 4.69) is 27.7 Å². The Morgan fingerprint density at radius 3 is 1.00 bits per heavy atom. The van der Waals surface area contributed by atoms with Crippen LogP contribution in [0.4, 0.5) is 0 Å². The molecule has 0 heterocycles. The van der Waals surface area contributed by atoms with Crippen molar-refractivity contribution in [3.8, 4) is 0 Å². The van der Waals surface area contributed by atoms with Crippen LogP contribution in [0.25, 0.3) is 0 Å². The highest BCUT2D eigenvalue weighted by Gasteiger charge is 2.19. The molecule has 6 heteroatoms. The van der Waals surface area contributed by atoms with E-state index in [1.807, 2.05) is 0 Å². The van der Waals surface area contributed by atoms with Crippen LogP contribution in [-0.2, 0) is 28.6 Å². The van der Waals surface area contributed by atoms with Crippen molar-refractivity contribution in [1.29, 1.82) is 0 Å². The van der Waals surface area contributed by atoms with Gasteiger partial charge in [-0.25, -0.2) is 0 Å². The van der Waals surface area contributed by atoms with Crippen molar-refractivity contribution in [3.05, 3.63) is 0 Å². The number of hydrogen-bond acceptors (Lipinski definition) is 6. The highest BCUT2D eigenvalue weighted by molar-refractivity contribution is 5.71. The third-order valence-electron chi connectivity index (χ3n) is 10.7. The molecule has 0 amide bonds. The third-order valence-corrected chi connectivity index (χ3v) is 10.7. The van der Waals surface area contributed by atoms with E-state index >= 15 is 0 Å². The van der Waals surface area contributed by atoms with E-state index in [0.29, 0.717) is 19.3 Å². The summed E-state index contributed by atoms with van der Waals surface area (Å²) in [6.07, 6.45) is 39.4. The zero-order valence-corrected chi connectivity index (χ0v) is 35.3. The quantitative estimate of drug-likeness (QED) is 0.0353. The van der Waals surface area contributed by atoms with Gasteiger partial charge in [0.2, 0.25) is 0 Å². The SMILES string of the molecule is CCCCCCCCCCCCCCCC(=O)O[C@@H](COC(=O)CCCCCCCCC)COC(=O)CCCCCCCCCCCCC(C)CC. The number of carbonyl (C=O) groups is 3. The molecule has 52 heavy (non-hydrogen) atoms. The summed E-state index contributed by atoms with van der Waals surface area (Å²) in [5, 5.41) is 0. The highest BCUT2D eigenvalue weighted by atomic mass is 16.6. The molecule has 6 nitrogen and oxygen atoms in total. The van der Waals surface area contributed by atoms with Gasteiger partial charge >= 0.3 is 17.9 Å². The lowest BCUT2D eigenvalue weighted by atomic mass is 9.99. The van der Waals surface area contributed by atoms with Crippen LogP contribution in [-0.4, -0.2) is 37.2 Å². The summed E-state index contributed by atoms with van der Waals surface area (Å²) in [4.78, 5) is 37.6. The van der Waals surface area contributed by atoms with Crippen LogP contribution < -0.4 is 0 Å². The number of ether oxygens (including phenoxy) is 3. The van der Waals surface area contributed by atoms with Gasteiger partial charge in [0, 0.05) is 19.3 Å². The lowest BCUT2D eigenvalue weighted by Gasteiger charge is -2.18. The Labute approximate surface area is 323 Å². The van der Waals surface area contributed by atoms with Crippen LogP contribution in [0.15, 0.2) is 0 Å². The molecule has 0 saturated heterocycles. The monoisotopic (exact) mass is 737 g/mol. The number of hydrogen-bond donors (Lipinski definition) is 0. The number of esters is 3. The predicted octanol–water partition coefficient (Wildman–Crippen LogP) is 14.3. The Balaban J connectivity index is 4.27. The third kappa shape index (κ3) is 38.1. The summed E-state index contributed by atoms with van der Waals surface area (Å²) in [7, 11) is 0. The first kappa shape index (κ1) is 50.4. The predicted molar refractivity (Wildman–Crippen MR) is 220 cm³/mol. The first-order valence-corrected chi connectivity index (χ1v) is 22.9. The van der Waals surface area contributed by atoms with Crippen molar-refractivity contribution >= 4 is 17.9 Å². The lowest BCUT2D eigenvalue weighted by Crippen LogP contribution is -2.30. The van der Waals surface area contributed by atoms with E-state index in [4.69, 9.17) is 14.2 Å². The summed E-state index contributed by atoms with van der Waals surface area (Å²) in [6, 6.07) is 0. The molecule has 0 fully saturated rings. The van der Waals surface area contributed by atoms with Crippen molar-refractivity contribution in [1.82, 2.24) is 0 Å². The maximum Gasteiger partial charge on any atom is 0.306 e. The van der Waals surface area contributed by atoms with E-state index in [-0.39, 0.29) is 31.1 Å². The van der Waals surface area contributed by atoms with Gasteiger partial charge in [0.1, 0.15) is 13.2 Å². The zero-order chi connectivity index (χ0) is 38.2. The Morgan fingerprint density at radius 1 is 0.385 bits per heavy atom. The summed E-state index contributed by atoms with van der Waals surface area (Å²) >= 11 is 0. The lowest BCUT2D eigenvalue weighted by molar-refractivity contribution is -0.167. The van der Waals surface area contributed by atoms with Gasteiger partial charge in [-0.3, -0.25) is 14.4 Å². The number of rotatable bonds is 41. The van der Waals surface area contributed by atoms with Crippen LogP contribution in [0, 0.1) is 5.92 Å². The normalized spacial score (nSPS) is 12.5. The second-order valence-corrected chi connectivity index (χ2v) is 15.9. The molecule has 0 bridgehead atoms. The number of carbonyl (C=O) groups excluding carboxylic acids is 3. The molecule has 0 spiro atoms. The molecule has 1 unspecified atom stereocenters. The molecule has 0 radical (unpaired) electrons. The molecule has 0 aromatic heterocycles. The van der Waals surface area contributed by atoms with Gasteiger partial charge in [-0.1, -0.05) is 214 Å². The molecule has 0 aliphatic rings. The van der Waals surface area contributed by atoms with Crippen molar-refractivity contribution in [2.45, 2.75) is 259 Å². The fourth-order valence-electron chi connectivity index (χ4n) is 6.77. The second kappa shape index (κ2) is 40.6. The van der Waals surface area contributed by atoms with Crippen LogP contribution in [0.5, 0.6) is 0 Å². The molecule has 0 saturated carbocycles. The molecule has 0 aromatic carbocycles. The van der Waals surface area contributed by atoms with Crippen molar-refractivity contribution in [3.63, 3.8) is 0 Å². The smallest absolute Gasteiger partial charge is 0.306 e. The summed E-state index contributed by atoms with van der Waals surface area (Å²) in [5.41, 5.74) is 0. The van der Waals surface area contributed by atoms with Gasteiger partial charge in [0.05, 0.1) is 0 Å². The summed E-state index contributed by atoms with van der Waals surface area (Å²) < 4.78 is 16.7. The van der Waals surface area contributed by atoms with E-state index in [0.717, 1.165) is 63.7 Å². The molecule has 0 rings (SSSR count). The maximum atomic E-state index is 12.7. The van der Waals surface area contributed by atoms with E-state index in [1.54, 1.807) is 0 Å². The van der Waals surface area contributed by atoms with Crippen LogP contribution in [0.3, 0.4) is 0 Å². The summed E-state index contributed by atoms with van der Waals surface area (Å²) in [6.45, 7) is 8.98. The Bertz CT molecular complexity index is 783. The zero-order valence-electron chi connectivity index (χ0n) is 35.3. The minimum absolute atomic E-state index is 0.0642. The van der Waals surface area contributed by atoms with Gasteiger partial charge in [0.15, 0.2) is 6.10 Å². The largest absolute Gasteiger partial charge is 0.462 e. The molecular weight excluding hydrogens is 648 g/mol. The van der Waals surface area contributed by atoms with Crippen LogP contribution in [0.2, 0.25) is 0 Å². The topological polar surface area (TPSA) is 78.9 Å². The first-order chi connectivity index (χ1) is 25.4. The Kier molecular flexibility index (Phi) is 39.4. The second-order valence-electron chi connectivity index (χ2n) is 15.9. The molecule has 0 aliphatic carbocycles. The minimum Gasteiger partial charge on any atom is -0.462 e. The van der Waals surface area contributed by atoms with Crippen molar-refractivity contribution in [2.75, 3.05) is 13.2 Å². The van der Waals surface area contributed by atoms with E-state index < -0.39 is 6.10 Å². The standard InChI is InChI=1S/C46H88O6/c1-5-8-10-12-14-15-16-17-18-23-27-31-35-39-46(49)52-43(40-50-44(47)37-33-29-24-13-11-9-6-2)41-51-45(48)38-34-30-26-22-20-19-21-25-28-32-36-42(4)7-3/h42-43H,5-41H2,1-4H3/t42?,43-/m0/s1. The van der Waals surface area contributed by atoms with Crippen LogP contribution in [0.1, 0.15) is 252 Å². The van der Waals surface area contributed by atoms with Gasteiger partial charge in [-0.05, 0) is 25.2 Å². The molecule has 308 valence electrons. The molecule has 0 N–H and O–H groups in total. The first-order valence-electron chi connectivity index (χ1n) is 22.9. The molecule has 2 atom stereocenters. The maximum absolute atomic E-state index is 12.7. The fourth-order valence-corrected chi connectivity index (χ4v) is 6.77. The van der Waals surface area contributed by atoms with Gasteiger partial charge in [-0.15, -0.1) is 0 Å². The molecular formula is C46H88O6. The average Bonchev–Trinajstić information content (AvgIpc) is 3.14. The van der Waals surface area contributed by atoms with E-state index in [1.165, 1.54) is 148 Å². The van der Waals surface area contributed by atoms with Gasteiger partial charge in [-0.2, -0.15) is 0 Å². The van der Waals surface area contributed by atoms with Crippen molar-refractivity contribution < 1.29 is 28.6 Å². The van der Waals surface area contributed by atoms with E-state index in [9.17, 15) is 14.4 Å². The molecule has 0 aliphatic heterocycles. The van der Waals surface area contributed by atoms with Gasteiger partial charge in [0.25, 0.3) is 0 Å². The average molecular weight is 737 g/mol. The fraction of sp³-hybridized carbons (Fsp3) is 0.935. The van der Waals surface area contributed by atoms with Crippen LogP contribution >= 0.6 is 0 Å². The molecule has 0 aromatic rings. The highest BCUT2D eigenvalue weighted by Crippen LogP contribution is 2.17. The van der Waals surface area contributed by atoms with Crippen molar-refractivity contribution in [2.24, 2.45) is 5.92 Å².